The molecule has 2 aromatic heterocycles. The van der Waals surface area contributed by atoms with E-state index >= 15 is 0 Å². The normalized spacial score (nSPS) is 16.8. The van der Waals surface area contributed by atoms with Crippen LogP contribution in [0.5, 0.6) is 0 Å². The topological polar surface area (TPSA) is 66.9 Å². The van der Waals surface area contributed by atoms with E-state index < -0.39 is 0 Å². The molecule has 1 aliphatic heterocycles. The zero-order valence-electron chi connectivity index (χ0n) is 7.82. The fraction of sp³-hybridized carbons (Fsp3) is 0.333. The van der Waals surface area contributed by atoms with E-state index in [4.69, 9.17) is 0 Å². The highest BCUT2D eigenvalue weighted by molar-refractivity contribution is 7.17. The Morgan fingerprint density at radius 1 is 1.40 bits per heavy atom. The van der Waals surface area contributed by atoms with Crippen LogP contribution in [-0.2, 0) is 0 Å². The maximum atomic E-state index is 12.0. The van der Waals surface area contributed by atoms with Crippen molar-refractivity contribution in [3.63, 3.8) is 0 Å². The standard InChI is InChI=1S/C9H9N3O2S/c13-8-7-6(1-2-15-7)11-9(14)12(8)5-3-10-4-5/h1-2,5,10H,3-4H2,(H,11,14). The Labute approximate surface area is 88.4 Å². The summed E-state index contributed by atoms with van der Waals surface area (Å²) < 4.78 is 1.94. The minimum atomic E-state index is -0.308. The van der Waals surface area contributed by atoms with Gasteiger partial charge in [-0.05, 0) is 11.4 Å². The predicted octanol–water partition coefficient (Wildman–Crippen LogP) is -0.104. The fourth-order valence-electron chi connectivity index (χ4n) is 1.74. The van der Waals surface area contributed by atoms with Gasteiger partial charge in [-0.3, -0.25) is 9.36 Å². The minimum absolute atomic E-state index is 0.00718. The molecule has 0 unspecified atom stereocenters. The van der Waals surface area contributed by atoms with Crippen molar-refractivity contribution >= 4 is 21.6 Å². The van der Waals surface area contributed by atoms with Crippen LogP contribution in [0.1, 0.15) is 6.04 Å². The van der Waals surface area contributed by atoms with Gasteiger partial charge in [0.05, 0.1) is 11.6 Å². The van der Waals surface area contributed by atoms with Crippen molar-refractivity contribution in [3.8, 4) is 0 Å². The molecule has 3 heterocycles. The van der Waals surface area contributed by atoms with Crippen LogP contribution in [0.4, 0.5) is 0 Å². The Morgan fingerprint density at radius 3 is 2.87 bits per heavy atom. The molecule has 0 bridgehead atoms. The molecular formula is C9H9N3O2S. The highest BCUT2D eigenvalue weighted by atomic mass is 32.1. The van der Waals surface area contributed by atoms with Gasteiger partial charge in [-0.1, -0.05) is 0 Å². The average molecular weight is 223 g/mol. The summed E-state index contributed by atoms with van der Waals surface area (Å²) in [5.74, 6) is 0. The molecule has 15 heavy (non-hydrogen) atoms. The van der Waals surface area contributed by atoms with Crippen LogP contribution in [0, 0.1) is 0 Å². The molecule has 3 rings (SSSR count). The fourth-order valence-corrected chi connectivity index (χ4v) is 2.52. The third kappa shape index (κ3) is 1.18. The first-order chi connectivity index (χ1) is 7.27. The molecule has 0 saturated carbocycles. The summed E-state index contributed by atoms with van der Waals surface area (Å²) >= 11 is 1.36. The van der Waals surface area contributed by atoms with Crippen molar-refractivity contribution in [3.05, 3.63) is 32.3 Å². The molecule has 2 aromatic rings. The lowest BCUT2D eigenvalue weighted by Crippen LogP contribution is -2.51. The second kappa shape index (κ2) is 3.04. The van der Waals surface area contributed by atoms with Crippen molar-refractivity contribution in [2.24, 2.45) is 0 Å². The molecule has 0 atom stereocenters. The molecule has 0 radical (unpaired) electrons. The molecule has 0 amide bonds. The molecule has 78 valence electrons. The Bertz CT molecular complexity index is 620. The van der Waals surface area contributed by atoms with Gasteiger partial charge >= 0.3 is 5.69 Å². The van der Waals surface area contributed by atoms with Crippen LogP contribution in [-0.4, -0.2) is 22.6 Å². The zero-order valence-corrected chi connectivity index (χ0v) is 8.63. The Morgan fingerprint density at radius 2 is 2.20 bits per heavy atom. The van der Waals surface area contributed by atoms with Crippen molar-refractivity contribution in [1.82, 2.24) is 14.9 Å². The number of rotatable bonds is 1. The summed E-state index contributed by atoms with van der Waals surface area (Å²) in [6, 6.07) is 1.76. The van der Waals surface area contributed by atoms with Gasteiger partial charge in [0.25, 0.3) is 5.56 Å². The van der Waals surface area contributed by atoms with Gasteiger partial charge in [0.2, 0.25) is 0 Å². The number of fused-ring (bicyclic) bond motifs is 1. The maximum absolute atomic E-state index is 12.0. The van der Waals surface area contributed by atoms with Crippen molar-refractivity contribution in [2.75, 3.05) is 13.1 Å². The molecule has 6 heteroatoms. The molecule has 1 fully saturated rings. The average Bonchev–Trinajstić information content (AvgIpc) is 2.56. The van der Waals surface area contributed by atoms with Crippen LogP contribution < -0.4 is 16.6 Å². The highest BCUT2D eigenvalue weighted by Gasteiger charge is 2.23. The first-order valence-corrected chi connectivity index (χ1v) is 5.58. The van der Waals surface area contributed by atoms with Crippen LogP contribution in [0.15, 0.2) is 21.0 Å². The first kappa shape index (κ1) is 8.87. The van der Waals surface area contributed by atoms with Crippen LogP contribution in [0.3, 0.4) is 0 Å². The van der Waals surface area contributed by atoms with Gasteiger partial charge in [0.15, 0.2) is 0 Å². The summed E-state index contributed by atoms with van der Waals surface area (Å²) in [5, 5.41) is 4.86. The van der Waals surface area contributed by atoms with Crippen molar-refractivity contribution < 1.29 is 0 Å². The lowest BCUT2D eigenvalue weighted by molar-refractivity contribution is 0.327. The molecule has 0 spiro atoms. The van der Waals surface area contributed by atoms with E-state index in [1.54, 1.807) is 6.07 Å². The predicted molar refractivity (Wildman–Crippen MR) is 58.6 cm³/mol. The molecular weight excluding hydrogens is 214 g/mol. The largest absolute Gasteiger partial charge is 0.329 e. The lowest BCUT2D eigenvalue weighted by atomic mass is 10.2. The van der Waals surface area contributed by atoms with Gasteiger partial charge < -0.3 is 10.3 Å². The molecule has 1 saturated heterocycles. The summed E-state index contributed by atoms with van der Waals surface area (Å²) in [5.41, 5.74) is 0.159. The summed E-state index contributed by atoms with van der Waals surface area (Å²) in [6.07, 6.45) is 0. The third-order valence-electron chi connectivity index (χ3n) is 2.66. The van der Waals surface area contributed by atoms with Gasteiger partial charge in [-0.25, -0.2) is 4.79 Å². The smallest absolute Gasteiger partial charge is 0.312 e. The van der Waals surface area contributed by atoms with E-state index in [0.29, 0.717) is 23.3 Å². The molecule has 0 aromatic carbocycles. The van der Waals surface area contributed by atoms with Gasteiger partial charge in [-0.15, -0.1) is 11.3 Å². The van der Waals surface area contributed by atoms with Crippen LogP contribution in [0.2, 0.25) is 0 Å². The van der Waals surface area contributed by atoms with E-state index in [0.717, 1.165) is 0 Å². The number of hydrogen-bond acceptors (Lipinski definition) is 4. The van der Waals surface area contributed by atoms with Gasteiger partial charge in [0, 0.05) is 13.1 Å². The Hall–Kier alpha value is -1.40. The number of aromatic amines is 1. The molecule has 0 aliphatic carbocycles. The maximum Gasteiger partial charge on any atom is 0.329 e. The quantitative estimate of drug-likeness (QED) is 0.709. The summed E-state index contributed by atoms with van der Waals surface area (Å²) in [6.45, 7) is 1.39. The number of nitrogens with zero attached hydrogens (tertiary/aromatic N) is 1. The van der Waals surface area contributed by atoms with Crippen LogP contribution in [0.25, 0.3) is 10.2 Å². The Balaban J connectivity index is 2.36. The highest BCUT2D eigenvalue weighted by Crippen LogP contribution is 2.14. The monoisotopic (exact) mass is 223 g/mol. The van der Waals surface area contributed by atoms with Crippen molar-refractivity contribution in [2.45, 2.75) is 6.04 Å². The molecule has 5 nitrogen and oxygen atoms in total. The number of thiophene rings is 1. The number of H-pyrrole nitrogens is 1. The van der Waals surface area contributed by atoms with E-state index in [1.165, 1.54) is 15.9 Å². The molecule has 2 N–H and O–H groups in total. The van der Waals surface area contributed by atoms with Crippen molar-refractivity contribution in [1.29, 1.82) is 0 Å². The summed E-state index contributed by atoms with van der Waals surface area (Å²) in [7, 11) is 0. The lowest BCUT2D eigenvalue weighted by Gasteiger charge is -2.27. The van der Waals surface area contributed by atoms with E-state index in [2.05, 4.69) is 10.3 Å². The number of aromatic nitrogens is 2. The number of hydrogen-bond donors (Lipinski definition) is 2. The second-order valence-electron chi connectivity index (χ2n) is 3.58. The Kier molecular flexibility index (Phi) is 1.80. The van der Waals surface area contributed by atoms with E-state index in [-0.39, 0.29) is 17.3 Å². The SMILES string of the molecule is O=c1[nH]c2ccsc2c(=O)n1C1CNC1. The van der Waals surface area contributed by atoms with E-state index in [1.807, 2.05) is 5.38 Å². The van der Waals surface area contributed by atoms with Crippen LogP contribution >= 0.6 is 11.3 Å². The third-order valence-corrected chi connectivity index (χ3v) is 3.57. The minimum Gasteiger partial charge on any atom is -0.312 e. The summed E-state index contributed by atoms with van der Waals surface area (Å²) in [4.78, 5) is 26.4. The zero-order chi connectivity index (χ0) is 10.4. The van der Waals surface area contributed by atoms with Gasteiger partial charge in [0.1, 0.15) is 4.70 Å². The molecule has 1 aliphatic rings. The second-order valence-corrected chi connectivity index (χ2v) is 4.50. The number of nitrogens with one attached hydrogen (secondary N) is 2. The van der Waals surface area contributed by atoms with Gasteiger partial charge in [-0.2, -0.15) is 0 Å². The first-order valence-electron chi connectivity index (χ1n) is 4.70. The van der Waals surface area contributed by atoms with E-state index in [9.17, 15) is 9.59 Å².